The van der Waals surface area contributed by atoms with E-state index in [-0.39, 0.29) is 48.7 Å². The molecule has 0 spiro atoms. The minimum Gasteiger partial charge on any atom is -0.497 e. The number of ether oxygens (including phenoxy) is 2. The van der Waals surface area contributed by atoms with Gasteiger partial charge in [-0.1, -0.05) is 6.92 Å². The van der Waals surface area contributed by atoms with Gasteiger partial charge in [0, 0.05) is 48.7 Å². The smallest absolute Gasteiger partial charge is 0.255 e. The molecule has 2 heterocycles. The Morgan fingerprint density at radius 1 is 1.19 bits per heavy atom. The number of fused-ring (bicyclic) bond motifs is 1. The normalized spacial score (nSPS) is 18.2. The van der Waals surface area contributed by atoms with E-state index in [0.29, 0.717) is 28.3 Å². The van der Waals surface area contributed by atoms with Crippen LogP contribution in [-0.4, -0.2) is 85.5 Å². The lowest BCUT2D eigenvalue weighted by molar-refractivity contribution is -0.134. The highest BCUT2D eigenvalue weighted by atomic mass is 32.2. The molecule has 224 valence electrons. The van der Waals surface area contributed by atoms with Crippen molar-refractivity contribution in [3.05, 3.63) is 78.1 Å². The van der Waals surface area contributed by atoms with Crippen LogP contribution in [0.3, 0.4) is 0 Å². The van der Waals surface area contributed by atoms with Gasteiger partial charge in [0.2, 0.25) is 15.9 Å². The summed E-state index contributed by atoms with van der Waals surface area (Å²) in [5.41, 5.74) is 1.43. The third kappa shape index (κ3) is 7.07. The zero-order chi connectivity index (χ0) is 30.4. The number of hydrogen-bond donors (Lipinski definition) is 2. The first-order chi connectivity index (χ1) is 20.0. The lowest BCUT2D eigenvalue weighted by atomic mass is 10.0. The Balaban J connectivity index is 1.64. The Hall–Kier alpha value is -4.00. The van der Waals surface area contributed by atoms with Crippen LogP contribution in [0.4, 0.5) is 5.69 Å². The number of aliphatic hydroxyl groups is 1. The van der Waals surface area contributed by atoms with Crippen LogP contribution >= 0.6 is 0 Å². The maximum absolute atomic E-state index is 13.5. The minimum absolute atomic E-state index is 0.00500. The SMILES string of the molecule is COc1ccc(S(=O)(=O)N(C)C[C@H]2Oc3ccc(NC(=O)c4ccncc4)cc3CC(=O)N([C@@H](C)CO)C[C@H]2C)cc1. The number of aromatic nitrogens is 1. The van der Waals surface area contributed by atoms with Crippen molar-refractivity contribution >= 4 is 27.5 Å². The first kappa shape index (κ1) is 30.9. The maximum atomic E-state index is 13.5. The second-order valence-corrected chi connectivity index (χ2v) is 12.4. The molecule has 12 heteroatoms. The van der Waals surface area contributed by atoms with Gasteiger partial charge < -0.3 is 24.8 Å². The molecular formula is C30H36N4O7S. The molecule has 2 aromatic carbocycles. The zero-order valence-corrected chi connectivity index (χ0v) is 24.9. The van der Waals surface area contributed by atoms with Crippen LogP contribution in [0, 0.1) is 5.92 Å². The molecule has 0 aliphatic carbocycles. The van der Waals surface area contributed by atoms with E-state index in [0.717, 1.165) is 0 Å². The fourth-order valence-electron chi connectivity index (χ4n) is 4.71. The minimum atomic E-state index is -3.86. The number of sulfonamides is 1. The van der Waals surface area contributed by atoms with E-state index in [1.807, 2.05) is 6.92 Å². The number of nitrogens with zero attached hydrogens (tertiary/aromatic N) is 3. The number of carbonyl (C=O) groups excluding carboxylic acids is 2. The van der Waals surface area contributed by atoms with E-state index in [4.69, 9.17) is 9.47 Å². The van der Waals surface area contributed by atoms with Crippen molar-refractivity contribution in [1.82, 2.24) is 14.2 Å². The van der Waals surface area contributed by atoms with Crippen molar-refractivity contribution < 1.29 is 32.6 Å². The average molecular weight is 597 g/mol. The van der Waals surface area contributed by atoms with Gasteiger partial charge in [0.1, 0.15) is 17.6 Å². The summed E-state index contributed by atoms with van der Waals surface area (Å²) in [6, 6.07) is 13.9. The van der Waals surface area contributed by atoms with Crippen LogP contribution in [0.1, 0.15) is 29.8 Å². The van der Waals surface area contributed by atoms with Crippen LogP contribution in [0.2, 0.25) is 0 Å². The molecule has 11 nitrogen and oxygen atoms in total. The largest absolute Gasteiger partial charge is 0.497 e. The Labute approximate surface area is 246 Å². The van der Waals surface area contributed by atoms with Gasteiger partial charge in [-0.15, -0.1) is 0 Å². The van der Waals surface area contributed by atoms with E-state index >= 15 is 0 Å². The number of anilines is 1. The van der Waals surface area contributed by atoms with Crippen LogP contribution in [-0.2, 0) is 21.2 Å². The highest BCUT2D eigenvalue weighted by Gasteiger charge is 2.33. The fraction of sp³-hybridized carbons (Fsp3) is 0.367. The number of amides is 2. The number of likely N-dealkylation sites (N-methyl/N-ethyl adjacent to an activating group) is 1. The highest BCUT2D eigenvalue weighted by Crippen LogP contribution is 2.30. The Kier molecular flexibility index (Phi) is 9.81. The number of pyridine rings is 1. The first-order valence-electron chi connectivity index (χ1n) is 13.5. The molecule has 2 N–H and O–H groups in total. The zero-order valence-electron chi connectivity index (χ0n) is 24.1. The molecule has 4 rings (SSSR count). The molecule has 1 aliphatic heterocycles. The van der Waals surface area contributed by atoms with Gasteiger partial charge in [-0.3, -0.25) is 14.6 Å². The van der Waals surface area contributed by atoms with Crippen molar-refractivity contribution in [3.63, 3.8) is 0 Å². The van der Waals surface area contributed by atoms with Crippen molar-refractivity contribution in [3.8, 4) is 11.5 Å². The van der Waals surface area contributed by atoms with Gasteiger partial charge in [0.25, 0.3) is 5.91 Å². The number of aliphatic hydroxyl groups excluding tert-OH is 1. The van der Waals surface area contributed by atoms with Gasteiger partial charge in [-0.05, 0) is 61.5 Å². The van der Waals surface area contributed by atoms with Gasteiger partial charge >= 0.3 is 0 Å². The molecule has 1 aliphatic rings. The van der Waals surface area contributed by atoms with Crippen LogP contribution in [0.15, 0.2) is 71.9 Å². The number of methoxy groups -OCH3 is 1. The molecule has 1 aromatic heterocycles. The number of nitrogens with one attached hydrogen (secondary N) is 1. The Bertz CT molecular complexity index is 1500. The van der Waals surface area contributed by atoms with E-state index in [1.165, 1.54) is 43.0 Å². The fourth-order valence-corrected chi connectivity index (χ4v) is 5.89. The molecule has 0 saturated carbocycles. The van der Waals surface area contributed by atoms with Gasteiger partial charge in [-0.2, -0.15) is 4.31 Å². The quantitative estimate of drug-likeness (QED) is 0.385. The van der Waals surface area contributed by atoms with Gasteiger partial charge in [0.05, 0.1) is 37.6 Å². The third-order valence-electron chi connectivity index (χ3n) is 7.32. The van der Waals surface area contributed by atoms with E-state index in [1.54, 1.807) is 54.3 Å². The average Bonchev–Trinajstić information content (AvgIpc) is 3.04. The van der Waals surface area contributed by atoms with E-state index in [9.17, 15) is 23.1 Å². The van der Waals surface area contributed by atoms with E-state index < -0.39 is 22.2 Å². The number of rotatable bonds is 9. The predicted octanol–water partition coefficient (Wildman–Crippen LogP) is 2.81. The van der Waals surface area contributed by atoms with Crippen molar-refractivity contribution in [2.45, 2.75) is 37.3 Å². The number of carbonyl (C=O) groups is 2. The molecule has 3 aromatic rings. The molecule has 42 heavy (non-hydrogen) atoms. The molecule has 0 unspecified atom stereocenters. The Morgan fingerprint density at radius 3 is 2.52 bits per heavy atom. The first-order valence-corrected chi connectivity index (χ1v) is 15.0. The summed E-state index contributed by atoms with van der Waals surface area (Å²) in [5.74, 6) is 0.107. The summed E-state index contributed by atoms with van der Waals surface area (Å²) < 4.78 is 39.6. The second-order valence-electron chi connectivity index (χ2n) is 10.4. The summed E-state index contributed by atoms with van der Waals surface area (Å²) in [5, 5.41) is 12.7. The third-order valence-corrected chi connectivity index (χ3v) is 9.16. The van der Waals surface area contributed by atoms with Gasteiger partial charge in [-0.25, -0.2) is 8.42 Å². The monoisotopic (exact) mass is 596 g/mol. The van der Waals surface area contributed by atoms with Crippen molar-refractivity contribution in [2.75, 3.05) is 39.2 Å². The summed E-state index contributed by atoms with van der Waals surface area (Å²) in [4.78, 5) is 31.8. The molecule has 0 bridgehead atoms. The van der Waals surface area contributed by atoms with Crippen molar-refractivity contribution in [1.29, 1.82) is 0 Å². The van der Waals surface area contributed by atoms with Crippen LogP contribution in [0.5, 0.6) is 11.5 Å². The van der Waals surface area contributed by atoms with Crippen LogP contribution in [0.25, 0.3) is 0 Å². The predicted molar refractivity (Wildman–Crippen MR) is 157 cm³/mol. The van der Waals surface area contributed by atoms with Gasteiger partial charge in [0.15, 0.2) is 0 Å². The number of hydrogen-bond acceptors (Lipinski definition) is 8. The molecular weight excluding hydrogens is 560 g/mol. The van der Waals surface area contributed by atoms with Crippen molar-refractivity contribution in [2.24, 2.45) is 5.92 Å². The Morgan fingerprint density at radius 2 is 1.88 bits per heavy atom. The lowest BCUT2D eigenvalue weighted by Gasteiger charge is -2.33. The number of benzene rings is 2. The summed E-state index contributed by atoms with van der Waals surface area (Å²) in [7, 11) is -0.868. The summed E-state index contributed by atoms with van der Waals surface area (Å²) in [6.45, 7) is 3.67. The standard InChI is InChI=1S/C30H36N4O7S/c1-20-17-34(21(2)19-35)29(36)16-23-15-24(32-30(37)22-11-13-31-14-12-22)5-10-27(23)41-28(20)18-33(3)42(38,39)26-8-6-25(40-4)7-9-26/h5-15,20-21,28,35H,16-19H2,1-4H3,(H,32,37)/t20-,21+,28-/m1/s1. The van der Waals surface area contributed by atoms with E-state index in [2.05, 4.69) is 10.3 Å². The molecule has 0 radical (unpaired) electrons. The molecule has 2 amide bonds. The molecule has 3 atom stereocenters. The molecule has 0 fully saturated rings. The topological polar surface area (TPSA) is 138 Å². The maximum Gasteiger partial charge on any atom is 0.255 e. The highest BCUT2D eigenvalue weighted by molar-refractivity contribution is 7.89. The second kappa shape index (κ2) is 13.3. The molecule has 0 saturated heterocycles. The summed E-state index contributed by atoms with van der Waals surface area (Å²) in [6.07, 6.45) is 2.38. The lowest BCUT2D eigenvalue weighted by Crippen LogP contribution is -2.48. The summed E-state index contributed by atoms with van der Waals surface area (Å²) >= 11 is 0. The van der Waals surface area contributed by atoms with Crippen LogP contribution < -0.4 is 14.8 Å².